The number of benzene rings is 1. The van der Waals surface area contributed by atoms with Gasteiger partial charge in [0.05, 0.1) is 0 Å². The molecule has 1 unspecified atom stereocenters. The van der Waals surface area contributed by atoms with E-state index in [2.05, 4.69) is 58.7 Å². The van der Waals surface area contributed by atoms with Crippen LogP contribution in [0.5, 0.6) is 0 Å². The third kappa shape index (κ3) is 2.56. The van der Waals surface area contributed by atoms with Gasteiger partial charge in [-0.05, 0) is 57.1 Å². The van der Waals surface area contributed by atoms with Gasteiger partial charge in [-0.3, -0.25) is 0 Å². The maximum atomic E-state index is 3.58. The van der Waals surface area contributed by atoms with Crippen molar-refractivity contribution in [2.45, 2.75) is 25.8 Å². The number of halogens is 1. The van der Waals surface area contributed by atoms with E-state index in [0.29, 0.717) is 11.5 Å². The fraction of sp³-hybridized carbons (Fsp3) is 0.571. The van der Waals surface area contributed by atoms with Crippen LogP contribution < -0.4 is 10.6 Å². The van der Waals surface area contributed by atoms with Crippen LogP contribution in [0.3, 0.4) is 0 Å². The van der Waals surface area contributed by atoms with E-state index in [1.54, 1.807) is 0 Å². The van der Waals surface area contributed by atoms with Gasteiger partial charge in [0.15, 0.2) is 0 Å². The molecular formula is C14H21BrN2. The third-order valence-corrected chi connectivity index (χ3v) is 4.37. The highest BCUT2D eigenvalue weighted by molar-refractivity contribution is 9.10. The van der Waals surface area contributed by atoms with Gasteiger partial charge in [-0.1, -0.05) is 22.0 Å². The van der Waals surface area contributed by atoms with Crippen LogP contribution in [0.2, 0.25) is 0 Å². The quantitative estimate of drug-likeness (QED) is 0.873. The normalized spacial score (nSPS) is 19.1. The molecule has 0 aliphatic heterocycles. The Balaban J connectivity index is 2.32. The van der Waals surface area contributed by atoms with Gasteiger partial charge in [-0.15, -0.1) is 0 Å². The van der Waals surface area contributed by atoms with Crippen molar-refractivity contribution in [1.29, 1.82) is 0 Å². The van der Waals surface area contributed by atoms with Crippen molar-refractivity contribution in [2.75, 3.05) is 20.6 Å². The van der Waals surface area contributed by atoms with Crippen LogP contribution in [0.25, 0.3) is 0 Å². The molecule has 0 aromatic heterocycles. The average molecular weight is 297 g/mol. The molecule has 0 spiro atoms. The molecule has 1 saturated carbocycles. The van der Waals surface area contributed by atoms with E-state index in [1.807, 2.05) is 7.05 Å². The Bertz CT molecular complexity index is 399. The van der Waals surface area contributed by atoms with Gasteiger partial charge in [0, 0.05) is 22.5 Å². The second-order valence-corrected chi connectivity index (χ2v) is 6.03. The highest BCUT2D eigenvalue weighted by Gasteiger charge is 2.49. The maximum absolute atomic E-state index is 3.58. The topological polar surface area (TPSA) is 24.1 Å². The summed E-state index contributed by atoms with van der Waals surface area (Å²) in [5.74, 6) is 0. The minimum absolute atomic E-state index is 0.412. The van der Waals surface area contributed by atoms with E-state index in [1.165, 1.54) is 28.4 Å². The molecule has 0 saturated heterocycles. The molecule has 2 rings (SSSR count). The van der Waals surface area contributed by atoms with Crippen molar-refractivity contribution in [3.05, 3.63) is 33.8 Å². The number of nitrogens with one attached hydrogen (secondary N) is 2. The van der Waals surface area contributed by atoms with Crippen molar-refractivity contribution < 1.29 is 0 Å². The first-order valence-electron chi connectivity index (χ1n) is 6.21. The molecular weight excluding hydrogens is 276 g/mol. The Hall–Kier alpha value is -0.380. The van der Waals surface area contributed by atoms with Crippen LogP contribution in [-0.2, 0) is 0 Å². The van der Waals surface area contributed by atoms with E-state index >= 15 is 0 Å². The molecule has 3 heteroatoms. The van der Waals surface area contributed by atoms with Gasteiger partial charge in [-0.2, -0.15) is 0 Å². The van der Waals surface area contributed by atoms with E-state index < -0.39 is 0 Å². The highest BCUT2D eigenvalue weighted by atomic mass is 79.9. The molecule has 1 aliphatic rings. The van der Waals surface area contributed by atoms with Gasteiger partial charge in [0.2, 0.25) is 0 Å². The van der Waals surface area contributed by atoms with Crippen LogP contribution in [0, 0.1) is 12.3 Å². The smallest absolute Gasteiger partial charge is 0.0390 e. The number of hydrogen-bond donors (Lipinski definition) is 2. The van der Waals surface area contributed by atoms with Crippen LogP contribution >= 0.6 is 15.9 Å². The van der Waals surface area contributed by atoms with Gasteiger partial charge in [0.1, 0.15) is 0 Å². The van der Waals surface area contributed by atoms with E-state index in [-0.39, 0.29) is 0 Å². The van der Waals surface area contributed by atoms with Crippen LogP contribution in [0.15, 0.2) is 22.7 Å². The van der Waals surface area contributed by atoms with Gasteiger partial charge >= 0.3 is 0 Å². The standard InChI is InChI=1S/C14H21BrN2/c1-10-4-5-11(15)8-12(10)13(17-3)14(6-7-14)9-16-2/h4-5,8,13,16-17H,6-7,9H2,1-3H3. The first-order valence-corrected chi connectivity index (χ1v) is 7.00. The SMILES string of the molecule is CNCC1(C(NC)c2cc(Br)ccc2C)CC1. The van der Waals surface area contributed by atoms with Crippen molar-refractivity contribution in [3.8, 4) is 0 Å². The Labute approximate surface area is 112 Å². The van der Waals surface area contributed by atoms with E-state index in [9.17, 15) is 0 Å². The van der Waals surface area contributed by atoms with Crippen molar-refractivity contribution >= 4 is 15.9 Å². The molecule has 1 fully saturated rings. The summed E-state index contributed by atoms with van der Waals surface area (Å²) in [5.41, 5.74) is 3.21. The zero-order valence-electron chi connectivity index (χ0n) is 10.8. The average Bonchev–Trinajstić information content (AvgIpc) is 3.05. The fourth-order valence-corrected chi connectivity index (χ4v) is 3.17. The predicted molar refractivity (Wildman–Crippen MR) is 76.3 cm³/mol. The summed E-state index contributed by atoms with van der Waals surface area (Å²) in [6, 6.07) is 7.02. The summed E-state index contributed by atoms with van der Waals surface area (Å²) in [6.07, 6.45) is 2.62. The molecule has 0 amide bonds. The summed E-state index contributed by atoms with van der Waals surface area (Å²) in [6.45, 7) is 3.28. The first kappa shape index (κ1) is 13.1. The van der Waals surface area contributed by atoms with E-state index in [0.717, 1.165) is 6.54 Å². The molecule has 0 radical (unpaired) electrons. The highest BCUT2D eigenvalue weighted by Crippen LogP contribution is 2.54. The minimum Gasteiger partial charge on any atom is -0.319 e. The number of hydrogen-bond acceptors (Lipinski definition) is 2. The molecule has 94 valence electrons. The largest absolute Gasteiger partial charge is 0.319 e. The van der Waals surface area contributed by atoms with Crippen LogP contribution in [0.4, 0.5) is 0 Å². The molecule has 1 aromatic carbocycles. The molecule has 1 aliphatic carbocycles. The first-order chi connectivity index (χ1) is 8.13. The molecule has 1 aromatic rings. The summed E-state index contributed by atoms with van der Waals surface area (Å²) in [7, 11) is 4.11. The van der Waals surface area contributed by atoms with Crippen molar-refractivity contribution in [3.63, 3.8) is 0 Å². The molecule has 17 heavy (non-hydrogen) atoms. The second kappa shape index (κ2) is 5.09. The third-order valence-electron chi connectivity index (χ3n) is 3.87. The molecule has 0 heterocycles. The van der Waals surface area contributed by atoms with Crippen molar-refractivity contribution in [2.24, 2.45) is 5.41 Å². The summed E-state index contributed by atoms with van der Waals surface area (Å²) < 4.78 is 1.17. The molecule has 1 atom stereocenters. The summed E-state index contributed by atoms with van der Waals surface area (Å²) in [4.78, 5) is 0. The Morgan fingerprint density at radius 3 is 2.59 bits per heavy atom. The summed E-state index contributed by atoms with van der Waals surface area (Å²) in [5, 5.41) is 6.85. The number of rotatable bonds is 5. The van der Waals surface area contributed by atoms with Crippen LogP contribution in [0.1, 0.15) is 30.0 Å². The molecule has 2 nitrogen and oxygen atoms in total. The zero-order valence-corrected chi connectivity index (χ0v) is 12.4. The Morgan fingerprint density at radius 2 is 2.06 bits per heavy atom. The van der Waals surface area contributed by atoms with Crippen molar-refractivity contribution in [1.82, 2.24) is 10.6 Å². The lowest BCUT2D eigenvalue weighted by molar-refractivity contribution is 0.345. The second-order valence-electron chi connectivity index (χ2n) is 5.12. The Morgan fingerprint density at radius 1 is 1.35 bits per heavy atom. The minimum atomic E-state index is 0.412. The number of aryl methyl sites for hydroxylation is 1. The molecule has 2 N–H and O–H groups in total. The van der Waals surface area contributed by atoms with Gasteiger partial charge in [0.25, 0.3) is 0 Å². The van der Waals surface area contributed by atoms with Gasteiger partial charge in [-0.25, -0.2) is 0 Å². The monoisotopic (exact) mass is 296 g/mol. The Kier molecular flexibility index (Phi) is 3.91. The summed E-state index contributed by atoms with van der Waals surface area (Å²) >= 11 is 3.58. The maximum Gasteiger partial charge on any atom is 0.0390 e. The lowest BCUT2D eigenvalue weighted by Crippen LogP contribution is -2.34. The molecule has 0 bridgehead atoms. The zero-order chi connectivity index (χ0) is 12.5. The van der Waals surface area contributed by atoms with Crippen LogP contribution in [-0.4, -0.2) is 20.6 Å². The lowest BCUT2D eigenvalue weighted by Gasteiger charge is -2.28. The van der Waals surface area contributed by atoms with E-state index in [4.69, 9.17) is 0 Å². The predicted octanol–water partition coefficient (Wildman–Crippen LogP) is 3.02. The fourth-order valence-electron chi connectivity index (χ4n) is 2.79. The lowest BCUT2D eigenvalue weighted by atomic mass is 9.87. The van der Waals surface area contributed by atoms with Gasteiger partial charge < -0.3 is 10.6 Å².